The molecule has 0 amide bonds. The van der Waals surface area contributed by atoms with Crippen molar-refractivity contribution >= 4 is 5.97 Å². The van der Waals surface area contributed by atoms with Gasteiger partial charge in [-0.05, 0) is 38.3 Å². The third-order valence-corrected chi connectivity index (χ3v) is 4.27. The number of esters is 1. The van der Waals surface area contributed by atoms with Crippen molar-refractivity contribution in [2.75, 3.05) is 19.6 Å². The number of carbonyl (C=O) groups is 1. The molecule has 2 heterocycles. The molecule has 1 saturated heterocycles. The van der Waals surface area contributed by atoms with Crippen molar-refractivity contribution in [1.82, 2.24) is 4.90 Å². The van der Waals surface area contributed by atoms with Gasteiger partial charge in [-0.25, -0.2) is 4.79 Å². The van der Waals surface area contributed by atoms with Gasteiger partial charge in [0, 0.05) is 18.7 Å². The monoisotopic (exact) mass is 275 g/mol. The predicted molar refractivity (Wildman–Crippen MR) is 75.5 cm³/mol. The van der Waals surface area contributed by atoms with E-state index in [1.807, 2.05) is 24.3 Å². The highest BCUT2D eigenvalue weighted by Crippen LogP contribution is 2.33. The number of hydrogen-bond acceptors (Lipinski definition) is 4. The van der Waals surface area contributed by atoms with Crippen molar-refractivity contribution in [3.05, 3.63) is 35.4 Å². The largest absolute Gasteiger partial charge is 0.454 e. The zero-order chi connectivity index (χ0) is 13.9. The van der Waals surface area contributed by atoms with Gasteiger partial charge in [0.25, 0.3) is 0 Å². The highest BCUT2D eigenvalue weighted by molar-refractivity contribution is 5.93. The molecule has 0 bridgehead atoms. The third kappa shape index (κ3) is 2.86. The Morgan fingerprint density at radius 2 is 2.00 bits per heavy atom. The molecule has 1 aromatic carbocycles. The summed E-state index contributed by atoms with van der Waals surface area (Å²) in [5, 5.41) is 9.48. The van der Waals surface area contributed by atoms with Gasteiger partial charge in [0.2, 0.25) is 0 Å². The van der Waals surface area contributed by atoms with Crippen LogP contribution in [0.1, 0.15) is 47.7 Å². The van der Waals surface area contributed by atoms with Crippen LogP contribution < -0.4 is 0 Å². The van der Waals surface area contributed by atoms with Crippen LogP contribution in [0.15, 0.2) is 24.3 Å². The first-order chi connectivity index (χ1) is 9.74. The Bertz CT molecular complexity index is 480. The summed E-state index contributed by atoms with van der Waals surface area (Å²) < 4.78 is 5.44. The van der Waals surface area contributed by atoms with Crippen molar-refractivity contribution in [2.45, 2.75) is 37.9 Å². The highest BCUT2D eigenvalue weighted by Gasteiger charge is 2.30. The second-order valence-corrected chi connectivity index (χ2v) is 5.70. The van der Waals surface area contributed by atoms with E-state index < -0.39 is 0 Å². The fraction of sp³-hybridized carbons (Fsp3) is 0.562. The van der Waals surface area contributed by atoms with Crippen molar-refractivity contribution in [1.29, 1.82) is 0 Å². The molecule has 0 saturated carbocycles. The number of fused-ring (bicyclic) bond motifs is 1. The Morgan fingerprint density at radius 3 is 2.80 bits per heavy atom. The fourth-order valence-electron chi connectivity index (χ4n) is 3.08. The molecule has 108 valence electrons. The Labute approximate surface area is 119 Å². The van der Waals surface area contributed by atoms with Crippen LogP contribution in [-0.2, 0) is 4.74 Å². The van der Waals surface area contributed by atoms with E-state index in [0.29, 0.717) is 0 Å². The van der Waals surface area contributed by atoms with Crippen LogP contribution in [0.3, 0.4) is 0 Å². The van der Waals surface area contributed by atoms with Gasteiger partial charge < -0.3 is 14.7 Å². The van der Waals surface area contributed by atoms with E-state index in [4.69, 9.17) is 4.74 Å². The van der Waals surface area contributed by atoms with Crippen LogP contribution >= 0.6 is 0 Å². The zero-order valence-electron chi connectivity index (χ0n) is 11.6. The van der Waals surface area contributed by atoms with Crippen LogP contribution in [0.25, 0.3) is 0 Å². The number of ether oxygens (including phenoxy) is 1. The normalized spacial score (nSPS) is 23.6. The van der Waals surface area contributed by atoms with Gasteiger partial charge in [0.15, 0.2) is 0 Å². The summed E-state index contributed by atoms with van der Waals surface area (Å²) in [4.78, 5) is 14.1. The average molecular weight is 275 g/mol. The van der Waals surface area contributed by atoms with Crippen molar-refractivity contribution in [2.24, 2.45) is 0 Å². The van der Waals surface area contributed by atoms with Crippen molar-refractivity contribution < 1.29 is 14.6 Å². The van der Waals surface area contributed by atoms with E-state index in [0.717, 1.165) is 56.4 Å². The molecule has 4 heteroatoms. The van der Waals surface area contributed by atoms with E-state index >= 15 is 0 Å². The van der Waals surface area contributed by atoms with Gasteiger partial charge in [-0.1, -0.05) is 18.2 Å². The summed E-state index contributed by atoms with van der Waals surface area (Å²) in [6.45, 7) is 2.97. The molecule has 1 N–H and O–H groups in total. The van der Waals surface area contributed by atoms with Gasteiger partial charge in [0.1, 0.15) is 6.10 Å². The number of cyclic esters (lactones) is 1. The lowest BCUT2D eigenvalue weighted by Crippen LogP contribution is -2.36. The lowest BCUT2D eigenvalue weighted by Gasteiger charge is -2.29. The number of carbonyl (C=O) groups excluding carboxylic acids is 1. The van der Waals surface area contributed by atoms with Gasteiger partial charge in [0.05, 0.1) is 11.7 Å². The third-order valence-electron chi connectivity index (χ3n) is 4.27. The minimum Gasteiger partial charge on any atom is -0.454 e. The fourth-order valence-corrected chi connectivity index (χ4v) is 3.08. The molecular weight excluding hydrogens is 254 g/mol. The first-order valence-electron chi connectivity index (χ1n) is 7.44. The van der Waals surface area contributed by atoms with E-state index in [1.54, 1.807) is 0 Å². The van der Waals surface area contributed by atoms with Gasteiger partial charge in [-0.2, -0.15) is 0 Å². The highest BCUT2D eigenvalue weighted by atomic mass is 16.5. The second kappa shape index (κ2) is 5.94. The minimum absolute atomic E-state index is 0.0749. The van der Waals surface area contributed by atoms with Crippen LogP contribution in [0.4, 0.5) is 0 Å². The maximum absolute atomic E-state index is 11.7. The zero-order valence-corrected chi connectivity index (χ0v) is 11.6. The number of aliphatic hydroxyl groups is 1. The number of nitrogens with zero attached hydrogens (tertiary/aromatic N) is 1. The number of rotatable bonds is 4. The lowest BCUT2D eigenvalue weighted by molar-refractivity contribution is 0.0347. The lowest BCUT2D eigenvalue weighted by atomic mass is 10.0. The Hall–Kier alpha value is -1.39. The van der Waals surface area contributed by atoms with E-state index in [1.165, 1.54) is 0 Å². The van der Waals surface area contributed by atoms with Gasteiger partial charge in [-0.3, -0.25) is 0 Å². The minimum atomic E-state index is -0.188. The molecule has 1 fully saturated rings. The van der Waals surface area contributed by atoms with Crippen LogP contribution in [0.2, 0.25) is 0 Å². The summed E-state index contributed by atoms with van der Waals surface area (Å²) in [5.74, 6) is -0.188. The Kier molecular flexibility index (Phi) is 4.03. The standard InChI is InChI=1S/C16H21NO3/c18-12-7-10-17(11-8-12)9-3-6-15-13-4-1-2-5-14(13)16(19)20-15/h1-2,4-5,12,15,18H,3,6-11H2. The molecule has 4 nitrogen and oxygen atoms in total. The Balaban J connectivity index is 1.49. The number of likely N-dealkylation sites (tertiary alicyclic amines) is 1. The van der Waals surface area contributed by atoms with E-state index in [9.17, 15) is 9.90 Å². The maximum Gasteiger partial charge on any atom is 0.339 e. The molecule has 0 aromatic heterocycles. The number of benzene rings is 1. The second-order valence-electron chi connectivity index (χ2n) is 5.70. The number of aliphatic hydroxyl groups excluding tert-OH is 1. The molecule has 1 unspecified atom stereocenters. The molecule has 20 heavy (non-hydrogen) atoms. The van der Waals surface area contributed by atoms with Gasteiger partial charge >= 0.3 is 5.97 Å². The molecule has 0 aliphatic carbocycles. The van der Waals surface area contributed by atoms with Gasteiger partial charge in [-0.15, -0.1) is 0 Å². The maximum atomic E-state index is 11.7. The molecular formula is C16H21NO3. The molecule has 1 aromatic rings. The first-order valence-corrected chi connectivity index (χ1v) is 7.44. The number of piperidine rings is 1. The predicted octanol–water partition coefficient (Wildman–Crippen LogP) is 2.13. The summed E-state index contributed by atoms with van der Waals surface area (Å²) in [5.41, 5.74) is 1.75. The summed E-state index contributed by atoms with van der Waals surface area (Å²) in [7, 11) is 0. The molecule has 2 aliphatic heterocycles. The molecule has 2 aliphatic rings. The quantitative estimate of drug-likeness (QED) is 0.855. The van der Waals surface area contributed by atoms with Crippen LogP contribution in [-0.4, -0.2) is 41.7 Å². The molecule has 0 spiro atoms. The summed E-state index contributed by atoms with van der Waals surface area (Å²) >= 11 is 0. The molecule has 1 atom stereocenters. The summed E-state index contributed by atoms with van der Waals surface area (Å²) in [6, 6.07) is 7.66. The SMILES string of the molecule is O=C1OC(CCCN2CCC(O)CC2)c2ccccc21. The number of hydrogen-bond donors (Lipinski definition) is 1. The smallest absolute Gasteiger partial charge is 0.339 e. The Morgan fingerprint density at radius 1 is 1.25 bits per heavy atom. The average Bonchev–Trinajstić information content (AvgIpc) is 2.79. The van der Waals surface area contributed by atoms with Crippen LogP contribution in [0, 0.1) is 0 Å². The molecule has 3 rings (SSSR count). The van der Waals surface area contributed by atoms with Crippen molar-refractivity contribution in [3.63, 3.8) is 0 Å². The van der Waals surface area contributed by atoms with E-state index in [-0.39, 0.29) is 18.2 Å². The molecule has 0 radical (unpaired) electrons. The van der Waals surface area contributed by atoms with Crippen LogP contribution in [0.5, 0.6) is 0 Å². The first kappa shape index (κ1) is 13.6. The summed E-state index contributed by atoms with van der Waals surface area (Å²) in [6.07, 6.45) is 3.45. The van der Waals surface area contributed by atoms with E-state index in [2.05, 4.69) is 4.90 Å². The van der Waals surface area contributed by atoms with Crippen molar-refractivity contribution in [3.8, 4) is 0 Å². The topological polar surface area (TPSA) is 49.8 Å².